The van der Waals surface area contributed by atoms with E-state index in [4.69, 9.17) is 0 Å². The topological polar surface area (TPSA) is 9.72 Å². The molecule has 10 unspecified atom stereocenters. The maximum absolute atomic E-state index is 3.10. The minimum absolute atomic E-state index is 0.0119. The summed E-state index contributed by atoms with van der Waals surface area (Å²) in [5.74, 6) is 4.79. The SMILES string of the molecule is CC1(C)C2=CC3C(C=C2c2ccc(-c4cccc5ccccc45)cc21)CCC3[Si](C)(C)N(C1CCCCC1)[N+](C)(C)C.CC1CC2C=C3C(=CC2C1[Si](C)(C)N(C1CCCCC1)[N+](C)(C)C)C(C)(C)c1cc(-c2cccc4ccccc24)ccc13.CCCCC1(CCCC)C2=CC3C(C=C2c2ccc(-c4cccc5ccccc45)cc21)CCC3[Si](C)(C)N(C1CCCCC1)[N+](C)(C)C. The fraction of sp³-hybridized carbons (Fsp3) is 0.516. The first-order valence-corrected chi connectivity index (χ1v) is 62.6. The Kier molecular flexibility index (Phi) is 25.9. The van der Waals surface area contributed by atoms with Crippen molar-refractivity contribution in [1.82, 2.24) is 14.0 Å². The van der Waals surface area contributed by atoms with Crippen molar-refractivity contribution in [2.45, 2.75) is 306 Å². The van der Waals surface area contributed by atoms with Crippen molar-refractivity contribution in [1.29, 1.82) is 0 Å². The molecule has 0 aliphatic heterocycles. The fourth-order valence-corrected chi connectivity index (χ4v) is 48.3. The highest BCUT2D eigenvalue weighted by Gasteiger charge is 2.61. The molecule has 0 radical (unpaired) electrons. The normalized spacial score (nSPS) is 25.5. The summed E-state index contributed by atoms with van der Waals surface area (Å²) in [5.41, 5.74) is 29.4. The summed E-state index contributed by atoms with van der Waals surface area (Å²) in [6, 6.07) is 71.4. The number of hydrogen-bond donors (Lipinski definition) is 0. The van der Waals surface area contributed by atoms with Gasteiger partial charge in [-0.15, -0.1) is 0 Å². The highest BCUT2D eigenvalue weighted by Crippen LogP contribution is 2.66. The Hall–Kier alpha value is -7.39. The Morgan fingerprint density at radius 1 is 0.323 bits per heavy atom. The molecule has 12 aliphatic carbocycles. The molecular weight excluding hydrogens is 1660 g/mol. The number of allylic oxidation sites excluding steroid dienone is 12. The summed E-state index contributed by atoms with van der Waals surface area (Å²) < 4.78 is 12.2. The molecule has 0 N–H and O–H groups in total. The van der Waals surface area contributed by atoms with E-state index >= 15 is 0 Å². The maximum atomic E-state index is 3.10. The van der Waals surface area contributed by atoms with Gasteiger partial charge in [-0.1, -0.05) is 384 Å². The van der Waals surface area contributed by atoms with Crippen LogP contribution in [-0.4, -0.2) is 134 Å². The van der Waals surface area contributed by atoms with Crippen LogP contribution >= 0.6 is 0 Å². The third-order valence-corrected chi connectivity index (χ3v) is 50.8. The number of nitrogens with zero attached hydrogens (tertiary/aromatic N) is 6. The highest BCUT2D eigenvalue weighted by atomic mass is 28.3. The molecule has 0 spiro atoms. The Morgan fingerprint density at radius 2 is 0.647 bits per heavy atom. The summed E-state index contributed by atoms with van der Waals surface area (Å²) in [6.45, 7) is 33.8. The Bertz CT molecular complexity index is 6010. The molecule has 6 nitrogen and oxygen atoms in total. The second kappa shape index (κ2) is 36.4. The summed E-state index contributed by atoms with van der Waals surface area (Å²) >= 11 is 0. The molecule has 133 heavy (non-hydrogen) atoms. The first-order valence-electron chi connectivity index (χ1n) is 53.5. The third kappa shape index (κ3) is 16.9. The van der Waals surface area contributed by atoms with E-state index in [0.29, 0.717) is 35.5 Å². The van der Waals surface area contributed by atoms with E-state index in [1.54, 1.807) is 33.4 Å². The quantitative estimate of drug-likeness (QED) is 0.0403. The molecule has 9 aromatic rings. The van der Waals surface area contributed by atoms with Crippen molar-refractivity contribution in [2.75, 3.05) is 63.4 Å². The van der Waals surface area contributed by atoms with E-state index in [-0.39, 0.29) is 16.2 Å². The van der Waals surface area contributed by atoms with Crippen LogP contribution in [0, 0.1) is 41.4 Å². The lowest BCUT2D eigenvalue weighted by Gasteiger charge is -2.54. The van der Waals surface area contributed by atoms with Crippen LogP contribution in [0.3, 0.4) is 0 Å². The predicted molar refractivity (Wildman–Crippen MR) is 580 cm³/mol. The predicted octanol–water partition coefficient (Wildman–Crippen LogP) is 32.5. The van der Waals surface area contributed by atoms with Gasteiger partial charge in [0.2, 0.25) is 0 Å². The van der Waals surface area contributed by atoms with Gasteiger partial charge in [-0.05, 0) is 279 Å². The third-order valence-electron chi connectivity index (χ3n) is 36.8. The lowest BCUT2D eigenvalue weighted by Crippen LogP contribution is -2.69. The first-order chi connectivity index (χ1) is 63.5. The monoisotopic (exact) mass is 1820 g/mol. The summed E-state index contributed by atoms with van der Waals surface area (Å²) in [5, 5.41) is 8.02. The van der Waals surface area contributed by atoms with Crippen molar-refractivity contribution in [3.05, 3.63) is 269 Å². The zero-order chi connectivity index (χ0) is 93.4. The van der Waals surface area contributed by atoms with Crippen LogP contribution in [0.2, 0.25) is 55.9 Å². The van der Waals surface area contributed by atoms with Gasteiger partial charge in [-0.2, -0.15) is 14.0 Å². The van der Waals surface area contributed by atoms with Gasteiger partial charge in [0.25, 0.3) is 0 Å². The molecule has 6 saturated carbocycles. The van der Waals surface area contributed by atoms with Crippen LogP contribution in [0.25, 0.3) is 82.4 Å². The first kappa shape index (κ1) is 94.6. The van der Waals surface area contributed by atoms with Crippen LogP contribution in [0.5, 0.6) is 0 Å². The number of unbranched alkanes of at least 4 members (excludes halogenated alkanes) is 2. The number of quaternary nitrogens is 3. The van der Waals surface area contributed by atoms with Gasteiger partial charge < -0.3 is 0 Å². The number of rotatable bonds is 21. The molecule has 0 amide bonds. The molecule has 0 saturated heterocycles. The lowest BCUT2D eigenvalue weighted by atomic mass is 9.68. The minimum Gasteiger partial charge on any atom is -0.258 e. The molecule has 0 bridgehead atoms. The number of fused-ring (bicyclic) bond motifs is 15. The Labute approximate surface area is 808 Å². The minimum atomic E-state index is -1.81. The van der Waals surface area contributed by atoms with Crippen molar-refractivity contribution >= 4 is 73.7 Å². The van der Waals surface area contributed by atoms with Crippen molar-refractivity contribution in [3.63, 3.8) is 0 Å². The Balaban J connectivity index is 0.000000129. The van der Waals surface area contributed by atoms with Gasteiger partial charge >= 0.3 is 0 Å². The summed E-state index contributed by atoms with van der Waals surface area (Å²) in [6.07, 6.45) is 52.4. The van der Waals surface area contributed by atoms with Crippen LogP contribution in [0.4, 0.5) is 0 Å². The van der Waals surface area contributed by atoms with E-state index in [1.165, 1.54) is 266 Å². The zero-order valence-electron chi connectivity index (χ0n) is 86.4. The van der Waals surface area contributed by atoms with E-state index in [9.17, 15) is 0 Å². The zero-order valence-corrected chi connectivity index (χ0v) is 89.4. The number of hydrogen-bond acceptors (Lipinski definition) is 3. The van der Waals surface area contributed by atoms with Crippen LogP contribution in [-0.2, 0) is 16.2 Å². The van der Waals surface area contributed by atoms with E-state index < -0.39 is 24.7 Å². The number of benzene rings is 9. The molecule has 12 aliphatic rings. The van der Waals surface area contributed by atoms with Crippen molar-refractivity contribution < 1.29 is 13.8 Å². The average molecular weight is 1830 g/mol. The van der Waals surface area contributed by atoms with Crippen molar-refractivity contribution in [3.8, 4) is 33.4 Å². The van der Waals surface area contributed by atoms with Crippen LogP contribution in [0.15, 0.2) is 235 Å². The molecule has 21 rings (SSSR count). The largest absolute Gasteiger partial charge is 0.258 e. The van der Waals surface area contributed by atoms with Crippen LogP contribution in [0.1, 0.15) is 249 Å². The summed E-state index contributed by atoms with van der Waals surface area (Å²) in [7, 11) is 16.7. The van der Waals surface area contributed by atoms with Crippen molar-refractivity contribution in [2.24, 2.45) is 41.4 Å². The van der Waals surface area contributed by atoms with Gasteiger partial charge in [0.15, 0.2) is 24.7 Å². The van der Waals surface area contributed by atoms with Gasteiger partial charge in [0.05, 0.1) is 63.4 Å². The summed E-state index contributed by atoms with van der Waals surface area (Å²) in [4.78, 5) is 0. The average Bonchev–Trinajstić information content (AvgIpc) is 1.56. The van der Waals surface area contributed by atoms with Gasteiger partial charge in [0, 0.05) is 34.4 Å². The standard InChI is InChI=1S/C45H63N2Si.C40H53N2Si.C39H51N2Si/c1-8-10-28-45(29-11-9-2)42-31-35(38-23-17-19-33-18-15-16-22-37(33)38)24-26-39(42)41-30-34-25-27-44(40(34)32-43(41)45)48(6,7)46(47(3,4)5)36-20-13-12-14-21-36;1-27-23-30-24-36-34-22-21-29(33-20-14-16-28-15-12-13-19-32(28)33)25-37(34)40(2,3)38(36)26-35(30)39(27)43(7,8)41(42(4,5)6)31-17-10-9-11-18-31;1-39(2)36-25-29(32-19-13-15-27-14-11-12-18-31(27)32)20-22-33(36)35-24-28-21-23-38(34(28)26-37(35)39)42(6,7)40(41(3,4)5)30-16-9-8-10-17-30/h15-19,22-24,26,30-32,34,36,40,44H,8-14,20-21,25,27-29H2,1-7H3;12-16,19-22,24-27,30-31,35,39H,9-11,17-18,23H2,1-8H3;11-15,18-20,22,24-26,28,30,34,38H,8-10,16-17,21,23H2,1-7H3/q3*+1. The van der Waals surface area contributed by atoms with Gasteiger partial charge in [0.1, 0.15) is 0 Å². The Morgan fingerprint density at radius 3 is 1.02 bits per heavy atom. The highest BCUT2D eigenvalue weighted by molar-refractivity contribution is 6.77. The molecule has 0 heterocycles. The molecular formula is C124H167N6Si3+3. The molecule has 10 atom stereocenters. The molecule has 0 aromatic heterocycles. The van der Waals surface area contributed by atoms with Crippen LogP contribution < -0.4 is 0 Å². The van der Waals surface area contributed by atoms with E-state index in [0.717, 1.165) is 54.4 Å². The fourth-order valence-electron chi connectivity index (χ4n) is 32.0. The van der Waals surface area contributed by atoms with Gasteiger partial charge in [-0.25, -0.2) is 0 Å². The molecule has 6 fully saturated rings. The van der Waals surface area contributed by atoms with E-state index in [2.05, 4.69) is 384 Å². The molecule has 702 valence electrons. The maximum Gasteiger partial charge on any atom is 0.191 e. The lowest BCUT2D eigenvalue weighted by molar-refractivity contribution is -0.975. The van der Waals surface area contributed by atoms with Gasteiger partial charge in [-0.3, -0.25) is 13.8 Å². The van der Waals surface area contributed by atoms with E-state index in [1.807, 2.05) is 0 Å². The second-order valence-corrected chi connectivity index (χ2v) is 62.9. The second-order valence-electron chi connectivity index (χ2n) is 49.4. The molecule has 9 aromatic carbocycles. The molecule has 9 heteroatoms. The smallest absolute Gasteiger partial charge is 0.191 e.